The number of halogens is 1. The summed E-state index contributed by atoms with van der Waals surface area (Å²) in [6.07, 6.45) is 8.23. The molecular formula is C37H45IN7O4S-. The summed E-state index contributed by atoms with van der Waals surface area (Å²) < 4.78 is 4.57. The molecule has 2 aromatic carbocycles. The molecule has 0 saturated heterocycles. The molecular weight excluding hydrogens is 765 g/mol. The topological polar surface area (TPSA) is 138 Å². The van der Waals surface area contributed by atoms with Gasteiger partial charge in [0.25, 0.3) is 5.91 Å². The fraction of sp³-hybridized carbons (Fsp3) is 0.351. The van der Waals surface area contributed by atoms with E-state index in [1.165, 1.54) is 21.3 Å². The summed E-state index contributed by atoms with van der Waals surface area (Å²) in [6, 6.07) is 17.4. The third-order valence-electron chi connectivity index (χ3n) is 8.63. The van der Waals surface area contributed by atoms with Gasteiger partial charge in [-0.2, -0.15) is 5.10 Å². The average Bonchev–Trinajstić information content (AvgIpc) is 3.47. The van der Waals surface area contributed by atoms with Crippen molar-refractivity contribution in [3.63, 3.8) is 0 Å². The van der Waals surface area contributed by atoms with Crippen molar-refractivity contribution < 1.29 is 37.9 Å². The van der Waals surface area contributed by atoms with Gasteiger partial charge in [-0.1, -0.05) is 30.0 Å². The number of nitrogens with zero attached hydrogens (tertiary/aromatic N) is 4. The predicted molar refractivity (Wildman–Crippen MR) is 195 cm³/mol. The first kappa shape index (κ1) is 37.0. The van der Waals surface area contributed by atoms with Gasteiger partial charge in [0.1, 0.15) is 0 Å². The van der Waals surface area contributed by atoms with Crippen molar-refractivity contribution in [2.24, 2.45) is 5.92 Å². The number of hydrogen-bond donors (Lipinski definition) is 3. The second kappa shape index (κ2) is 16.2. The molecule has 13 heteroatoms. The Morgan fingerprint density at radius 3 is 2.38 bits per heavy atom. The smallest absolute Gasteiger partial charge is 0.0214 e. The third-order valence-corrected chi connectivity index (χ3v) is 11.8. The van der Waals surface area contributed by atoms with E-state index in [9.17, 15) is 19.2 Å². The number of alkyl halides is 3. The van der Waals surface area contributed by atoms with Gasteiger partial charge in [0.2, 0.25) is 0 Å². The molecule has 2 aromatic heterocycles. The van der Waals surface area contributed by atoms with Crippen molar-refractivity contribution in [3.05, 3.63) is 83.8 Å². The Bertz CT molecular complexity index is 1900. The molecule has 1 aliphatic rings. The maximum Gasteiger partial charge on any atom is 0.0808 e. The Balaban J connectivity index is 1.36. The summed E-state index contributed by atoms with van der Waals surface area (Å²) >= 11 is -0.723. The first-order valence-electron chi connectivity index (χ1n) is 16.4. The van der Waals surface area contributed by atoms with Crippen LogP contribution in [0.15, 0.2) is 76.7 Å². The fourth-order valence-corrected chi connectivity index (χ4v) is 8.78. The molecule has 0 aliphatic heterocycles. The molecule has 0 unspecified atom stereocenters. The average molecular weight is 811 g/mol. The molecule has 1 atom stereocenters. The zero-order chi connectivity index (χ0) is 36.0. The van der Waals surface area contributed by atoms with Crippen LogP contribution in [0, 0.1) is 5.92 Å². The molecule has 50 heavy (non-hydrogen) atoms. The number of benzene rings is 2. The maximum atomic E-state index is 14.1. The van der Waals surface area contributed by atoms with Crippen LogP contribution in [-0.4, -0.2) is 84.4 Å². The Hall–Kier alpha value is -4.24. The van der Waals surface area contributed by atoms with E-state index in [0.717, 1.165) is 33.7 Å². The van der Waals surface area contributed by atoms with Crippen molar-refractivity contribution in [2.45, 2.75) is 54.5 Å². The molecule has 5 rings (SSSR count). The second-order valence-electron chi connectivity index (χ2n) is 13.0. The van der Waals surface area contributed by atoms with Gasteiger partial charge in [0.05, 0.1) is 22.5 Å². The summed E-state index contributed by atoms with van der Waals surface area (Å²) in [5.41, 5.74) is 2.43. The molecule has 1 saturated carbocycles. The Labute approximate surface area is 301 Å². The van der Waals surface area contributed by atoms with Crippen molar-refractivity contribution in [1.29, 1.82) is 0 Å². The van der Waals surface area contributed by atoms with E-state index in [1.807, 2.05) is 66.7 Å². The summed E-state index contributed by atoms with van der Waals surface area (Å²) in [5, 5.41) is 11.3. The molecule has 4 aromatic rings. The first-order chi connectivity index (χ1) is 23.8. The van der Waals surface area contributed by atoms with Crippen molar-refractivity contribution in [2.75, 3.05) is 28.9 Å². The van der Waals surface area contributed by atoms with Crippen LogP contribution in [-0.2, 0) is 9.59 Å². The van der Waals surface area contributed by atoms with Gasteiger partial charge in [0, 0.05) is 28.4 Å². The van der Waals surface area contributed by atoms with Crippen LogP contribution >= 0.6 is 11.8 Å². The van der Waals surface area contributed by atoms with E-state index in [1.54, 1.807) is 33.3 Å². The summed E-state index contributed by atoms with van der Waals surface area (Å²) in [7, 11) is 3.19. The third kappa shape index (κ3) is 9.10. The molecule has 0 bridgehead atoms. The number of rotatable bonds is 10. The number of carbonyl (C=O) groups excluding carboxylic acids is 4. The number of likely N-dealkylation sites (N-methyl/N-ethyl adjacent to an activating group) is 1. The second-order valence-corrected chi connectivity index (χ2v) is 24.4. The van der Waals surface area contributed by atoms with Gasteiger partial charge in [-0.15, -0.1) is 0 Å². The quantitative estimate of drug-likeness (QED) is 0.127. The summed E-state index contributed by atoms with van der Waals surface area (Å²) in [4.78, 5) is 66.5. The number of amides is 4. The number of carbonyl (C=O) groups is 4. The standard InChI is InChI=1S/C37H45IN7O4S/c1-24(34(46)41-27-16-14-25(15-17-27)35(47)42-38(2,3)4)44(6)37(49)45-32-23-28(50-33-13-8-7-12-30(33)36(48)39-5)19-20-29(32)31(43-45)21-18-26-11-9-10-22-40-26/h7-13,18-25,27H,14-17H2,1-6H3,(H,39,48)(H,41,46)(H,42,47)/q-1/b21-18+/t24-,25?,27?/m0/s1. The van der Waals surface area contributed by atoms with Gasteiger partial charge in [0.15, 0.2) is 0 Å². The van der Waals surface area contributed by atoms with E-state index in [4.69, 9.17) is 5.10 Å². The molecule has 1 aliphatic carbocycles. The first-order valence-corrected chi connectivity index (χ1v) is 24.8. The SMILES string of the molecule is CNC(=O)c1ccccc1Sc1ccc2c(/C=C/c3ccccn3)nn(C(=O)N(C)[C@@H](C)C(=O)NC3CCC(C(=O)N[I-](C)(C)C)CC3)c2c1. The van der Waals surface area contributed by atoms with Crippen LogP contribution in [0.25, 0.3) is 23.1 Å². The van der Waals surface area contributed by atoms with E-state index in [2.05, 4.69) is 33.9 Å². The predicted octanol–water partition coefficient (Wildman–Crippen LogP) is 2.16. The minimum absolute atomic E-state index is 0.0259. The van der Waals surface area contributed by atoms with Crippen LogP contribution in [0.2, 0.25) is 0 Å². The van der Waals surface area contributed by atoms with Gasteiger partial charge in [-0.25, -0.2) is 0 Å². The Morgan fingerprint density at radius 2 is 1.70 bits per heavy atom. The molecule has 4 amide bonds. The van der Waals surface area contributed by atoms with E-state index < -0.39 is 30.8 Å². The van der Waals surface area contributed by atoms with Crippen molar-refractivity contribution in [3.8, 4) is 0 Å². The molecule has 0 spiro atoms. The van der Waals surface area contributed by atoms with Gasteiger partial charge in [-0.05, 0) is 54.6 Å². The molecule has 266 valence electrons. The molecule has 2 heterocycles. The van der Waals surface area contributed by atoms with E-state index in [-0.39, 0.29) is 29.7 Å². The normalized spacial score (nSPS) is 17.2. The number of fused-ring (bicyclic) bond motifs is 1. The minimum atomic E-state index is -2.14. The van der Waals surface area contributed by atoms with Crippen LogP contribution in [0.4, 0.5) is 4.79 Å². The van der Waals surface area contributed by atoms with Gasteiger partial charge in [-0.3, -0.25) is 9.78 Å². The van der Waals surface area contributed by atoms with Crippen molar-refractivity contribution >= 4 is 58.6 Å². The van der Waals surface area contributed by atoms with E-state index in [0.29, 0.717) is 29.6 Å². The van der Waals surface area contributed by atoms with Gasteiger partial charge >= 0.3 is 142 Å². The molecule has 11 nitrogen and oxygen atoms in total. The maximum absolute atomic E-state index is 14.1. The van der Waals surface area contributed by atoms with Gasteiger partial charge < -0.3 is 5.32 Å². The summed E-state index contributed by atoms with van der Waals surface area (Å²) in [5.74, 6) is -0.338. The molecule has 0 radical (unpaired) electrons. The number of pyridine rings is 1. The number of nitrogens with one attached hydrogen (secondary N) is 3. The monoisotopic (exact) mass is 810 g/mol. The molecule has 1 fully saturated rings. The largest absolute Gasteiger partial charge is 0.0808 e. The zero-order valence-corrected chi connectivity index (χ0v) is 32.2. The minimum Gasteiger partial charge on any atom is -0.0214 e. The van der Waals surface area contributed by atoms with Crippen molar-refractivity contribution in [1.82, 2.24) is 33.8 Å². The Morgan fingerprint density at radius 1 is 0.980 bits per heavy atom. The van der Waals surface area contributed by atoms with Crippen LogP contribution in [0.5, 0.6) is 0 Å². The summed E-state index contributed by atoms with van der Waals surface area (Å²) in [6.45, 7) is 1.70. The van der Waals surface area contributed by atoms with Crippen LogP contribution < -0.4 is 32.9 Å². The van der Waals surface area contributed by atoms with Crippen LogP contribution in [0.3, 0.4) is 0 Å². The number of aromatic nitrogens is 3. The molecule has 3 N–H and O–H groups in total. The van der Waals surface area contributed by atoms with E-state index >= 15 is 0 Å². The number of hydrogen-bond acceptors (Lipinski definition) is 7. The zero-order valence-electron chi connectivity index (χ0n) is 29.3. The fourth-order valence-electron chi connectivity index (χ4n) is 5.76. The Kier molecular flexibility index (Phi) is 12.0. The van der Waals surface area contributed by atoms with Crippen LogP contribution in [0.1, 0.15) is 54.4 Å².